The summed E-state index contributed by atoms with van der Waals surface area (Å²) in [7, 11) is 3.67. The van der Waals surface area contributed by atoms with Gasteiger partial charge in [0.1, 0.15) is 29.2 Å². The van der Waals surface area contributed by atoms with Crippen LogP contribution in [-0.4, -0.2) is 66.9 Å². The summed E-state index contributed by atoms with van der Waals surface area (Å²) in [5, 5.41) is 4.28. The summed E-state index contributed by atoms with van der Waals surface area (Å²) in [6, 6.07) is 16.2. The summed E-state index contributed by atoms with van der Waals surface area (Å²) in [6.45, 7) is 18.4. The van der Waals surface area contributed by atoms with Crippen LogP contribution in [0.2, 0.25) is 0 Å². The molecule has 0 aliphatic carbocycles. The van der Waals surface area contributed by atoms with Crippen LogP contribution in [-0.2, 0) is 4.74 Å². The van der Waals surface area contributed by atoms with Gasteiger partial charge in [-0.25, -0.2) is 14.8 Å². The summed E-state index contributed by atoms with van der Waals surface area (Å²) in [4.78, 5) is 27.8. The number of fused-ring (bicyclic) bond motifs is 1. The van der Waals surface area contributed by atoms with Crippen LogP contribution >= 0.6 is 0 Å². The van der Waals surface area contributed by atoms with Crippen molar-refractivity contribution in [1.29, 1.82) is 0 Å². The second-order valence-corrected chi connectivity index (χ2v) is 13.2. The average Bonchev–Trinajstić information content (AvgIpc) is 3.07. The molecule has 4 aromatic rings. The molecule has 1 unspecified atom stereocenters. The summed E-state index contributed by atoms with van der Waals surface area (Å²) in [6.07, 6.45) is 4.11. The normalized spacial score (nSPS) is 14.0. The lowest BCUT2D eigenvalue weighted by Gasteiger charge is -2.37. The molecule has 1 amide bonds. The van der Waals surface area contributed by atoms with Gasteiger partial charge in [0, 0.05) is 44.6 Å². The molecule has 1 fully saturated rings. The van der Waals surface area contributed by atoms with E-state index in [4.69, 9.17) is 14.2 Å². The molecule has 0 radical (unpaired) electrons. The van der Waals surface area contributed by atoms with Crippen LogP contribution in [0.5, 0.6) is 17.2 Å². The van der Waals surface area contributed by atoms with Crippen LogP contribution in [0, 0.1) is 6.92 Å². The highest BCUT2D eigenvalue weighted by Gasteiger charge is 2.28. The van der Waals surface area contributed by atoms with Crippen molar-refractivity contribution in [2.75, 3.05) is 55.5 Å². The summed E-state index contributed by atoms with van der Waals surface area (Å²) >= 11 is 0. The number of hydrogen-bond acceptors (Lipinski definition) is 9. The van der Waals surface area contributed by atoms with Gasteiger partial charge in [-0.3, -0.25) is 0 Å². The zero-order valence-electron chi connectivity index (χ0n) is 29.5. The lowest BCUT2D eigenvalue weighted by molar-refractivity contribution is 0.0240. The van der Waals surface area contributed by atoms with Crippen LogP contribution in [0.3, 0.4) is 0 Å². The largest absolute Gasteiger partial charge is 0.494 e. The number of hydrogen-bond donors (Lipinski definition) is 1. The van der Waals surface area contributed by atoms with Crippen LogP contribution in [0.15, 0.2) is 67.6 Å². The summed E-state index contributed by atoms with van der Waals surface area (Å²) in [5.74, 6) is 3.26. The number of methoxy groups -OCH3 is 1. The zero-order chi connectivity index (χ0) is 34.6. The van der Waals surface area contributed by atoms with Gasteiger partial charge in [0.2, 0.25) is 0 Å². The van der Waals surface area contributed by atoms with Crippen molar-refractivity contribution in [3.8, 4) is 17.2 Å². The third-order valence-electron chi connectivity index (χ3n) is 8.67. The first-order valence-corrected chi connectivity index (χ1v) is 16.5. The Balaban J connectivity index is 1.37. The number of piperazine rings is 1. The second-order valence-electron chi connectivity index (χ2n) is 13.2. The van der Waals surface area contributed by atoms with Crippen molar-refractivity contribution in [3.63, 3.8) is 0 Å². The molecule has 3 aromatic carbocycles. The molecule has 1 saturated heterocycles. The number of amides is 1. The predicted molar refractivity (Wildman–Crippen MR) is 194 cm³/mol. The first kappa shape index (κ1) is 34.3. The third-order valence-corrected chi connectivity index (χ3v) is 8.67. The number of aryl methyl sites for hydroxylation is 1. The minimum atomic E-state index is -0.530. The number of carbonyl (C=O) groups is 1. The molecule has 1 aromatic heterocycles. The van der Waals surface area contributed by atoms with E-state index in [-0.39, 0.29) is 6.09 Å². The molecule has 254 valence electrons. The minimum absolute atomic E-state index is 0.288. The van der Waals surface area contributed by atoms with Crippen molar-refractivity contribution in [1.82, 2.24) is 14.9 Å². The van der Waals surface area contributed by atoms with Gasteiger partial charge in [0.15, 0.2) is 5.75 Å². The van der Waals surface area contributed by atoms with Crippen molar-refractivity contribution in [3.05, 3.63) is 78.8 Å². The van der Waals surface area contributed by atoms with E-state index in [0.717, 1.165) is 51.4 Å². The maximum absolute atomic E-state index is 12.6. The molecule has 48 heavy (non-hydrogen) atoms. The fraction of sp³-hybridized carbons (Fsp3) is 0.395. The Hall–Kier alpha value is -4.99. The van der Waals surface area contributed by atoms with Crippen LogP contribution in [0.25, 0.3) is 10.9 Å². The number of anilines is 4. The van der Waals surface area contributed by atoms with Crippen molar-refractivity contribution < 1.29 is 19.0 Å². The molecule has 1 aliphatic heterocycles. The van der Waals surface area contributed by atoms with Crippen LogP contribution < -0.4 is 24.6 Å². The van der Waals surface area contributed by atoms with Gasteiger partial charge in [0.25, 0.3) is 0 Å². The molecule has 10 heteroatoms. The number of rotatable bonds is 10. The van der Waals surface area contributed by atoms with Gasteiger partial charge in [-0.15, -0.1) is 0 Å². The Morgan fingerprint density at radius 1 is 1.08 bits per heavy atom. The lowest BCUT2D eigenvalue weighted by Crippen LogP contribution is -2.50. The van der Waals surface area contributed by atoms with Crippen molar-refractivity contribution in [2.24, 2.45) is 0 Å². The molecule has 5 rings (SSSR count). The first-order chi connectivity index (χ1) is 22.9. The highest BCUT2D eigenvalue weighted by molar-refractivity contribution is 6.00. The van der Waals surface area contributed by atoms with Crippen molar-refractivity contribution >= 4 is 39.9 Å². The monoisotopic (exact) mass is 652 g/mol. The molecular formula is C38H48N6O4. The molecule has 1 aliphatic rings. The zero-order valence-corrected chi connectivity index (χ0v) is 29.5. The molecule has 0 saturated carbocycles. The van der Waals surface area contributed by atoms with Gasteiger partial charge >= 0.3 is 6.09 Å². The number of aromatic nitrogens is 2. The topological polar surface area (TPSA) is 92.3 Å². The molecule has 2 heterocycles. The van der Waals surface area contributed by atoms with E-state index >= 15 is 0 Å². The van der Waals surface area contributed by atoms with E-state index in [2.05, 4.69) is 52.7 Å². The quantitative estimate of drug-likeness (QED) is 0.181. The van der Waals surface area contributed by atoms with Gasteiger partial charge in [-0.05, 0) is 106 Å². The van der Waals surface area contributed by atoms with Crippen LogP contribution in [0.4, 0.5) is 27.7 Å². The Labute approximate surface area is 284 Å². The predicted octanol–water partition coefficient (Wildman–Crippen LogP) is 8.63. The van der Waals surface area contributed by atoms with E-state index in [0.29, 0.717) is 43.7 Å². The van der Waals surface area contributed by atoms with Crippen LogP contribution in [0.1, 0.15) is 58.1 Å². The highest BCUT2D eigenvalue weighted by atomic mass is 16.6. The highest BCUT2D eigenvalue weighted by Crippen LogP contribution is 2.41. The number of carbonyl (C=O) groups excluding carboxylic acids is 1. The third kappa shape index (κ3) is 7.59. The van der Waals surface area contributed by atoms with Gasteiger partial charge < -0.3 is 34.2 Å². The van der Waals surface area contributed by atoms with E-state index in [1.165, 1.54) is 5.56 Å². The number of nitrogens with one attached hydrogen (secondary N) is 1. The molecule has 1 N–H and O–H groups in total. The van der Waals surface area contributed by atoms with Gasteiger partial charge in [-0.2, -0.15) is 0 Å². The molecule has 1 atom stereocenters. The van der Waals surface area contributed by atoms with E-state index in [1.54, 1.807) is 18.3 Å². The summed E-state index contributed by atoms with van der Waals surface area (Å²) < 4.78 is 18.0. The Morgan fingerprint density at radius 2 is 1.83 bits per heavy atom. The SMILES string of the molecule is C=CN(C)c1ccc(Oc2ccc(Nc3ncnc4ccc(N5CCN(C(=O)OC(C)(C)C)CC5)c(OC)c34)cc2C)cc1C(C)CC. The maximum atomic E-state index is 12.6. The number of benzene rings is 3. The fourth-order valence-electron chi connectivity index (χ4n) is 5.85. The lowest BCUT2D eigenvalue weighted by atomic mass is 9.96. The van der Waals surface area contributed by atoms with Crippen molar-refractivity contribution in [2.45, 2.75) is 59.5 Å². The maximum Gasteiger partial charge on any atom is 0.410 e. The minimum Gasteiger partial charge on any atom is -0.494 e. The Bertz CT molecular complexity index is 1780. The van der Waals surface area contributed by atoms with Gasteiger partial charge in [-0.1, -0.05) is 20.4 Å². The second kappa shape index (κ2) is 14.4. The standard InChI is InChI=1S/C38H48N6O4/c1-10-25(3)29-23-28(13-15-31(29)42(8)11-2)47-33-17-12-27(22-26(33)4)41-36-34-30(39-24-40-36)14-16-32(35(34)46-9)43-18-20-44(21-19-43)37(45)48-38(5,6)7/h11-17,22-25H,2,10,18-21H2,1,3-9H3,(H,39,40,41). The van der Waals surface area contributed by atoms with E-state index in [9.17, 15) is 4.79 Å². The van der Waals surface area contributed by atoms with Gasteiger partial charge in [0.05, 0.1) is 23.7 Å². The molecule has 0 bridgehead atoms. The Kier molecular flexibility index (Phi) is 10.3. The molecular weight excluding hydrogens is 604 g/mol. The number of ether oxygens (including phenoxy) is 3. The fourth-order valence-corrected chi connectivity index (χ4v) is 5.85. The first-order valence-electron chi connectivity index (χ1n) is 16.5. The molecule has 0 spiro atoms. The smallest absolute Gasteiger partial charge is 0.410 e. The Morgan fingerprint density at radius 3 is 2.48 bits per heavy atom. The van der Waals surface area contributed by atoms with E-state index in [1.807, 2.05) is 82.2 Å². The number of nitrogens with zero attached hydrogens (tertiary/aromatic N) is 5. The average molecular weight is 653 g/mol. The summed E-state index contributed by atoms with van der Waals surface area (Å²) in [5.41, 5.74) is 5.35. The van der Waals surface area contributed by atoms with E-state index < -0.39 is 5.60 Å². The molecule has 10 nitrogen and oxygen atoms in total.